The summed E-state index contributed by atoms with van der Waals surface area (Å²) in [6.45, 7) is 0. The first-order valence-electron chi connectivity index (χ1n) is 6.28. The molecule has 0 saturated heterocycles. The lowest BCUT2D eigenvalue weighted by Gasteiger charge is -2.13. The second-order valence-electron chi connectivity index (χ2n) is 4.37. The zero-order valence-corrected chi connectivity index (χ0v) is 10.8. The Kier molecular flexibility index (Phi) is 4.55. The minimum atomic E-state index is -1.05. The molecule has 2 rings (SSSR count). The summed E-state index contributed by atoms with van der Waals surface area (Å²) in [5.74, 6) is -1.47. The number of aliphatic carboxylic acids is 1. The van der Waals surface area contributed by atoms with Crippen LogP contribution in [0.2, 0.25) is 0 Å². The van der Waals surface area contributed by atoms with E-state index in [-0.39, 0.29) is 5.76 Å². The van der Waals surface area contributed by atoms with Gasteiger partial charge in [0, 0.05) is 0 Å². The highest BCUT2D eigenvalue weighted by Crippen LogP contribution is 2.07. The molecule has 1 atom stereocenters. The number of benzene rings is 1. The van der Waals surface area contributed by atoms with Crippen molar-refractivity contribution in [2.45, 2.75) is 18.9 Å². The molecule has 1 aromatic heterocycles. The average molecular weight is 273 g/mol. The summed E-state index contributed by atoms with van der Waals surface area (Å²) in [6.07, 6.45) is 2.27. The van der Waals surface area contributed by atoms with E-state index in [1.54, 1.807) is 6.07 Å². The van der Waals surface area contributed by atoms with E-state index in [0.717, 1.165) is 5.56 Å². The van der Waals surface area contributed by atoms with Crippen LogP contribution in [0.15, 0.2) is 53.1 Å². The van der Waals surface area contributed by atoms with Crippen LogP contribution >= 0.6 is 0 Å². The molecule has 0 radical (unpaired) electrons. The molecule has 1 aromatic carbocycles. The van der Waals surface area contributed by atoms with Gasteiger partial charge in [0.1, 0.15) is 6.04 Å². The van der Waals surface area contributed by atoms with Gasteiger partial charge in [0.2, 0.25) is 0 Å². The molecule has 0 spiro atoms. The van der Waals surface area contributed by atoms with Crippen LogP contribution < -0.4 is 5.32 Å². The third kappa shape index (κ3) is 3.71. The van der Waals surface area contributed by atoms with Crippen LogP contribution in [-0.4, -0.2) is 23.0 Å². The van der Waals surface area contributed by atoms with E-state index in [9.17, 15) is 9.59 Å². The number of rotatable bonds is 6. The van der Waals surface area contributed by atoms with Crippen molar-refractivity contribution < 1.29 is 19.1 Å². The Morgan fingerprint density at radius 3 is 2.50 bits per heavy atom. The minimum absolute atomic E-state index is 0.107. The van der Waals surface area contributed by atoms with Gasteiger partial charge in [-0.3, -0.25) is 4.79 Å². The number of furan rings is 1. The Balaban J connectivity index is 1.94. The summed E-state index contributed by atoms with van der Waals surface area (Å²) in [5.41, 5.74) is 1.03. The van der Waals surface area contributed by atoms with Crippen molar-refractivity contribution >= 4 is 11.9 Å². The van der Waals surface area contributed by atoms with Crippen LogP contribution in [0, 0.1) is 0 Å². The minimum Gasteiger partial charge on any atom is -0.480 e. The van der Waals surface area contributed by atoms with Gasteiger partial charge in [-0.1, -0.05) is 30.3 Å². The number of hydrogen-bond acceptors (Lipinski definition) is 3. The zero-order valence-electron chi connectivity index (χ0n) is 10.8. The van der Waals surface area contributed by atoms with E-state index in [0.29, 0.717) is 12.8 Å². The van der Waals surface area contributed by atoms with Gasteiger partial charge in [0.05, 0.1) is 6.26 Å². The molecule has 1 heterocycles. The smallest absolute Gasteiger partial charge is 0.326 e. The van der Waals surface area contributed by atoms with E-state index in [1.165, 1.54) is 12.3 Å². The van der Waals surface area contributed by atoms with Crippen molar-refractivity contribution in [1.29, 1.82) is 0 Å². The number of carboxylic acids is 1. The highest BCUT2D eigenvalue weighted by Gasteiger charge is 2.21. The largest absolute Gasteiger partial charge is 0.480 e. The van der Waals surface area contributed by atoms with Gasteiger partial charge in [0.15, 0.2) is 5.76 Å². The Bertz CT molecular complexity index is 563. The van der Waals surface area contributed by atoms with E-state index >= 15 is 0 Å². The second-order valence-corrected chi connectivity index (χ2v) is 4.37. The molecule has 1 amide bonds. The van der Waals surface area contributed by atoms with Crippen molar-refractivity contribution in [2.24, 2.45) is 0 Å². The van der Waals surface area contributed by atoms with Crippen molar-refractivity contribution in [1.82, 2.24) is 5.32 Å². The summed E-state index contributed by atoms with van der Waals surface area (Å²) in [4.78, 5) is 22.9. The quantitative estimate of drug-likeness (QED) is 0.844. The highest BCUT2D eigenvalue weighted by molar-refractivity contribution is 5.94. The molecular weight excluding hydrogens is 258 g/mol. The van der Waals surface area contributed by atoms with Crippen LogP contribution in [0.1, 0.15) is 22.5 Å². The monoisotopic (exact) mass is 273 g/mol. The lowest BCUT2D eigenvalue weighted by molar-refractivity contribution is -0.139. The number of hydrogen-bond donors (Lipinski definition) is 2. The second kappa shape index (κ2) is 6.56. The predicted octanol–water partition coefficient (Wildman–Crippen LogP) is 2.10. The first kappa shape index (κ1) is 13.9. The van der Waals surface area contributed by atoms with Crippen molar-refractivity contribution in [3.63, 3.8) is 0 Å². The maximum atomic E-state index is 11.8. The molecule has 0 bridgehead atoms. The van der Waals surface area contributed by atoms with E-state index in [1.807, 2.05) is 30.3 Å². The molecule has 2 aromatic rings. The van der Waals surface area contributed by atoms with Crippen molar-refractivity contribution in [2.75, 3.05) is 0 Å². The maximum absolute atomic E-state index is 11.8. The molecule has 0 fully saturated rings. The summed E-state index contributed by atoms with van der Waals surface area (Å²) in [6, 6.07) is 11.7. The molecule has 0 aliphatic carbocycles. The molecule has 5 nitrogen and oxygen atoms in total. The van der Waals surface area contributed by atoms with Gasteiger partial charge in [0.25, 0.3) is 5.91 Å². The lowest BCUT2D eigenvalue weighted by Crippen LogP contribution is -2.41. The molecule has 5 heteroatoms. The van der Waals surface area contributed by atoms with Crippen molar-refractivity contribution in [3.05, 3.63) is 60.1 Å². The molecule has 20 heavy (non-hydrogen) atoms. The third-order valence-electron chi connectivity index (χ3n) is 2.91. The van der Waals surface area contributed by atoms with E-state index < -0.39 is 17.9 Å². The SMILES string of the molecule is O=C(N[C@H](CCc1ccccc1)C(=O)O)c1ccco1. The molecule has 0 saturated carbocycles. The van der Waals surface area contributed by atoms with Gasteiger partial charge < -0.3 is 14.8 Å². The normalized spacial score (nSPS) is 11.8. The topological polar surface area (TPSA) is 79.5 Å². The predicted molar refractivity (Wildman–Crippen MR) is 72.4 cm³/mol. The van der Waals surface area contributed by atoms with Gasteiger partial charge in [-0.2, -0.15) is 0 Å². The number of carbonyl (C=O) groups excluding carboxylic acids is 1. The molecule has 0 unspecified atom stereocenters. The lowest BCUT2D eigenvalue weighted by atomic mass is 10.1. The van der Waals surface area contributed by atoms with Crippen LogP contribution in [0.5, 0.6) is 0 Å². The summed E-state index contributed by atoms with van der Waals surface area (Å²) >= 11 is 0. The number of aryl methyl sites for hydroxylation is 1. The maximum Gasteiger partial charge on any atom is 0.326 e. The van der Waals surface area contributed by atoms with Gasteiger partial charge in [-0.05, 0) is 30.5 Å². The van der Waals surface area contributed by atoms with Crippen LogP contribution in [0.3, 0.4) is 0 Å². The van der Waals surface area contributed by atoms with E-state index in [2.05, 4.69) is 5.32 Å². The first-order chi connectivity index (χ1) is 9.66. The Labute approximate surface area is 116 Å². The number of carbonyl (C=O) groups is 2. The van der Waals surface area contributed by atoms with Crippen LogP contribution in [0.25, 0.3) is 0 Å². The zero-order chi connectivity index (χ0) is 14.4. The fourth-order valence-corrected chi connectivity index (χ4v) is 1.85. The summed E-state index contributed by atoms with van der Waals surface area (Å²) in [5, 5.41) is 11.6. The fraction of sp³-hybridized carbons (Fsp3) is 0.200. The molecule has 104 valence electrons. The number of carboxylic acid groups (broad SMARTS) is 1. The standard InChI is InChI=1S/C15H15NO4/c17-14(13-7-4-10-20-13)16-12(15(18)19)9-8-11-5-2-1-3-6-11/h1-7,10,12H,8-9H2,(H,16,17)(H,18,19)/t12-/m1/s1. The molecule has 0 aliphatic heterocycles. The van der Waals surface area contributed by atoms with E-state index in [4.69, 9.17) is 9.52 Å². The Morgan fingerprint density at radius 2 is 1.90 bits per heavy atom. The molecule has 2 N–H and O–H groups in total. The molecule has 0 aliphatic rings. The Hall–Kier alpha value is -2.56. The first-order valence-corrected chi connectivity index (χ1v) is 6.28. The number of amides is 1. The summed E-state index contributed by atoms with van der Waals surface area (Å²) in [7, 11) is 0. The summed E-state index contributed by atoms with van der Waals surface area (Å²) < 4.78 is 4.93. The highest BCUT2D eigenvalue weighted by atomic mass is 16.4. The van der Waals surface area contributed by atoms with Crippen LogP contribution in [-0.2, 0) is 11.2 Å². The van der Waals surface area contributed by atoms with Crippen LogP contribution in [0.4, 0.5) is 0 Å². The fourth-order valence-electron chi connectivity index (χ4n) is 1.85. The molecular formula is C15H15NO4. The average Bonchev–Trinajstić information content (AvgIpc) is 2.98. The van der Waals surface area contributed by atoms with Crippen molar-refractivity contribution in [3.8, 4) is 0 Å². The Morgan fingerprint density at radius 1 is 1.15 bits per heavy atom. The number of nitrogens with one attached hydrogen (secondary N) is 1. The van der Waals surface area contributed by atoms with Gasteiger partial charge in [-0.15, -0.1) is 0 Å². The third-order valence-corrected chi connectivity index (χ3v) is 2.91. The van der Waals surface area contributed by atoms with Gasteiger partial charge >= 0.3 is 5.97 Å². The van der Waals surface area contributed by atoms with Gasteiger partial charge in [-0.25, -0.2) is 4.79 Å².